The van der Waals surface area contributed by atoms with Crippen molar-refractivity contribution in [2.75, 3.05) is 33.3 Å². The van der Waals surface area contributed by atoms with E-state index >= 15 is 0 Å². The monoisotopic (exact) mass is 280 g/mol. The Morgan fingerprint density at radius 1 is 1.25 bits per heavy atom. The maximum Gasteiger partial charge on any atom is 0.328 e. The average Bonchev–Trinajstić information content (AvgIpc) is 2.49. The molecule has 1 fully saturated rings. The minimum absolute atomic E-state index is 0.0278. The van der Waals surface area contributed by atoms with E-state index < -0.39 is 5.97 Å². The molecule has 110 valence electrons. The molecule has 1 heterocycles. The zero-order valence-corrected chi connectivity index (χ0v) is 11.4. The van der Waals surface area contributed by atoms with Gasteiger partial charge in [0.1, 0.15) is 0 Å². The molecular formula is C14H20N2O4. The number of nitrogens with one attached hydrogen (secondary N) is 2. The highest BCUT2D eigenvalue weighted by molar-refractivity contribution is 5.85. The quantitative estimate of drug-likeness (QED) is 0.609. The van der Waals surface area contributed by atoms with E-state index in [1.807, 2.05) is 0 Å². The van der Waals surface area contributed by atoms with Gasteiger partial charge in [-0.15, -0.1) is 0 Å². The van der Waals surface area contributed by atoms with Crippen LogP contribution in [0.3, 0.4) is 0 Å². The number of phenolic OH excluding ortho intramolecular Hbond substituents is 1. The molecule has 0 bridgehead atoms. The summed E-state index contributed by atoms with van der Waals surface area (Å²) in [6, 6.07) is 4.59. The number of carbonyl (C=O) groups is 1. The smallest absolute Gasteiger partial charge is 0.328 e. The third kappa shape index (κ3) is 6.21. The Morgan fingerprint density at radius 2 is 1.85 bits per heavy atom. The molecule has 6 heteroatoms. The van der Waals surface area contributed by atoms with Crippen molar-refractivity contribution < 1.29 is 19.7 Å². The molecular weight excluding hydrogens is 260 g/mol. The normalized spacial score (nSPS) is 14.4. The second-order valence-corrected chi connectivity index (χ2v) is 4.10. The maximum atomic E-state index is 10.2. The molecule has 1 saturated heterocycles. The van der Waals surface area contributed by atoms with Gasteiger partial charge in [-0.1, -0.05) is 6.07 Å². The zero-order valence-electron chi connectivity index (χ0n) is 11.4. The van der Waals surface area contributed by atoms with Crippen LogP contribution >= 0.6 is 0 Å². The van der Waals surface area contributed by atoms with Crippen molar-refractivity contribution in [3.63, 3.8) is 0 Å². The van der Waals surface area contributed by atoms with E-state index in [4.69, 9.17) is 9.84 Å². The van der Waals surface area contributed by atoms with Gasteiger partial charge < -0.3 is 25.6 Å². The number of hydrogen-bond donors (Lipinski definition) is 4. The first-order chi connectivity index (χ1) is 9.63. The standard InChI is InChI=1S/C10H10O4.C4H10N2/c1-14-9-6-7(2-4-8(9)11)3-5-10(12)13;1-2-6-4-3-5-1/h2-6,11H,1H3,(H,12,13);5-6H,1-4H2. The Bertz CT molecular complexity index is 445. The van der Waals surface area contributed by atoms with E-state index in [0.717, 1.165) is 32.3 Å². The number of aromatic hydroxyl groups is 1. The molecule has 0 saturated carbocycles. The molecule has 0 amide bonds. The number of piperazine rings is 1. The van der Waals surface area contributed by atoms with Crippen molar-refractivity contribution in [3.8, 4) is 11.5 Å². The summed E-state index contributed by atoms with van der Waals surface area (Å²) in [6.07, 6.45) is 2.44. The first-order valence-corrected chi connectivity index (χ1v) is 6.33. The first kappa shape index (κ1) is 16.0. The number of rotatable bonds is 3. The summed E-state index contributed by atoms with van der Waals surface area (Å²) in [4.78, 5) is 10.2. The van der Waals surface area contributed by atoms with Gasteiger partial charge in [0.25, 0.3) is 0 Å². The fraction of sp³-hybridized carbons (Fsp3) is 0.357. The molecule has 1 aromatic rings. The average molecular weight is 280 g/mol. The van der Waals surface area contributed by atoms with Gasteiger partial charge in [-0.05, 0) is 23.8 Å². The van der Waals surface area contributed by atoms with Gasteiger partial charge in [-0.25, -0.2) is 4.79 Å². The second kappa shape index (κ2) is 8.95. The lowest BCUT2D eigenvalue weighted by molar-refractivity contribution is -0.131. The van der Waals surface area contributed by atoms with E-state index in [9.17, 15) is 9.90 Å². The number of ether oxygens (including phenoxy) is 1. The Hall–Kier alpha value is -2.05. The largest absolute Gasteiger partial charge is 0.504 e. The van der Waals surface area contributed by atoms with Gasteiger partial charge in [0, 0.05) is 32.3 Å². The zero-order chi connectivity index (χ0) is 14.8. The highest BCUT2D eigenvalue weighted by atomic mass is 16.5. The van der Waals surface area contributed by atoms with Gasteiger partial charge in [-0.2, -0.15) is 0 Å². The molecule has 0 unspecified atom stereocenters. The Labute approximate surface area is 118 Å². The van der Waals surface area contributed by atoms with Crippen LogP contribution in [0.15, 0.2) is 24.3 Å². The number of benzene rings is 1. The van der Waals surface area contributed by atoms with Crippen molar-refractivity contribution in [3.05, 3.63) is 29.8 Å². The van der Waals surface area contributed by atoms with Gasteiger partial charge in [0.05, 0.1) is 7.11 Å². The second-order valence-electron chi connectivity index (χ2n) is 4.10. The van der Waals surface area contributed by atoms with E-state index in [1.165, 1.54) is 19.3 Å². The Morgan fingerprint density at radius 3 is 2.30 bits per heavy atom. The lowest BCUT2D eigenvalue weighted by Crippen LogP contribution is -2.39. The lowest BCUT2D eigenvalue weighted by Gasteiger charge is -2.11. The number of carboxylic acids is 1. The number of hydrogen-bond acceptors (Lipinski definition) is 5. The van der Waals surface area contributed by atoms with Crippen molar-refractivity contribution in [2.45, 2.75) is 0 Å². The molecule has 1 aliphatic heterocycles. The van der Waals surface area contributed by atoms with Crippen LogP contribution in [0.4, 0.5) is 0 Å². The SMILES string of the molecule is C1CNCCN1.COc1cc(C=CC(=O)O)ccc1O. The van der Waals surface area contributed by atoms with Gasteiger partial charge >= 0.3 is 5.97 Å². The molecule has 20 heavy (non-hydrogen) atoms. The highest BCUT2D eigenvalue weighted by Gasteiger charge is 2.00. The highest BCUT2D eigenvalue weighted by Crippen LogP contribution is 2.26. The number of methoxy groups -OCH3 is 1. The molecule has 0 atom stereocenters. The molecule has 4 N–H and O–H groups in total. The maximum absolute atomic E-state index is 10.2. The minimum Gasteiger partial charge on any atom is -0.504 e. The van der Waals surface area contributed by atoms with Crippen molar-refractivity contribution in [1.82, 2.24) is 10.6 Å². The molecule has 1 aromatic carbocycles. The molecule has 2 rings (SSSR count). The van der Waals surface area contributed by atoms with E-state index in [2.05, 4.69) is 10.6 Å². The third-order valence-electron chi connectivity index (χ3n) is 2.58. The van der Waals surface area contributed by atoms with Crippen molar-refractivity contribution >= 4 is 12.0 Å². The third-order valence-corrected chi connectivity index (χ3v) is 2.58. The first-order valence-electron chi connectivity index (χ1n) is 6.33. The molecule has 0 aromatic heterocycles. The van der Waals surface area contributed by atoms with E-state index in [-0.39, 0.29) is 5.75 Å². The van der Waals surface area contributed by atoms with Gasteiger partial charge in [0.15, 0.2) is 11.5 Å². The van der Waals surface area contributed by atoms with E-state index in [1.54, 1.807) is 12.1 Å². The molecule has 1 aliphatic rings. The van der Waals surface area contributed by atoms with Crippen LogP contribution in [-0.4, -0.2) is 49.5 Å². The summed E-state index contributed by atoms with van der Waals surface area (Å²) in [7, 11) is 1.43. The molecule has 6 nitrogen and oxygen atoms in total. The summed E-state index contributed by atoms with van der Waals surface area (Å²) in [5.41, 5.74) is 0.655. The fourth-order valence-electron chi connectivity index (χ4n) is 1.57. The van der Waals surface area contributed by atoms with Crippen LogP contribution in [0, 0.1) is 0 Å². The van der Waals surface area contributed by atoms with E-state index in [0.29, 0.717) is 11.3 Å². The molecule has 0 spiro atoms. The topological polar surface area (TPSA) is 90.8 Å². The Kier molecular flexibility index (Phi) is 7.16. The van der Waals surface area contributed by atoms with Gasteiger partial charge in [0.2, 0.25) is 0 Å². The summed E-state index contributed by atoms with van der Waals surface area (Å²) < 4.78 is 4.86. The Balaban J connectivity index is 0.000000276. The summed E-state index contributed by atoms with van der Waals surface area (Å²) in [5.74, 6) is -0.672. The van der Waals surface area contributed by atoms with Crippen LogP contribution < -0.4 is 15.4 Å². The van der Waals surface area contributed by atoms with Crippen LogP contribution in [0.25, 0.3) is 6.08 Å². The summed E-state index contributed by atoms with van der Waals surface area (Å²) >= 11 is 0. The molecule has 0 aliphatic carbocycles. The number of phenols is 1. The van der Waals surface area contributed by atoms with Crippen molar-refractivity contribution in [1.29, 1.82) is 0 Å². The number of carboxylic acid groups (broad SMARTS) is 1. The van der Waals surface area contributed by atoms with Crippen molar-refractivity contribution in [2.24, 2.45) is 0 Å². The van der Waals surface area contributed by atoms with Crippen LogP contribution in [-0.2, 0) is 4.79 Å². The summed E-state index contributed by atoms with van der Waals surface area (Å²) in [6.45, 7) is 4.56. The summed E-state index contributed by atoms with van der Waals surface area (Å²) in [5, 5.41) is 24.1. The molecule has 0 radical (unpaired) electrons. The predicted octanol–water partition coefficient (Wildman–Crippen LogP) is 0.678. The predicted molar refractivity (Wildman–Crippen MR) is 77.1 cm³/mol. The fourth-order valence-corrected chi connectivity index (χ4v) is 1.57. The van der Waals surface area contributed by atoms with Crippen LogP contribution in [0.1, 0.15) is 5.56 Å². The van der Waals surface area contributed by atoms with Crippen LogP contribution in [0.2, 0.25) is 0 Å². The number of aliphatic carboxylic acids is 1. The van der Waals surface area contributed by atoms with Gasteiger partial charge in [-0.3, -0.25) is 0 Å². The minimum atomic E-state index is -1.02. The van der Waals surface area contributed by atoms with Crippen LogP contribution in [0.5, 0.6) is 11.5 Å². The lowest BCUT2D eigenvalue weighted by atomic mass is 10.2.